The first-order valence-electron chi connectivity index (χ1n) is 5.04. The second-order valence-electron chi connectivity index (χ2n) is 3.43. The van der Waals surface area contributed by atoms with Gasteiger partial charge in [0.05, 0.1) is 6.61 Å². The smallest absolute Gasteiger partial charge is 0.381 e. The average Bonchev–Trinajstić information content (AvgIpc) is 2.19. The lowest BCUT2D eigenvalue weighted by molar-refractivity contribution is -0.521. The summed E-state index contributed by atoms with van der Waals surface area (Å²) in [6.07, 6.45) is 1.09. The van der Waals surface area contributed by atoms with Gasteiger partial charge in [-0.05, 0) is 19.8 Å². The Morgan fingerprint density at radius 2 is 2.20 bits per heavy atom. The van der Waals surface area contributed by atoms with Crippen molar-refractivity contribution >= 4 is 5.97 Å². The first kappa shape index (κ1) is 11.9. The number of nitrogens with zero attached hydrogens (tertiary/aromatic N) is 1. The molecule has 0 aromatic heterocycles. The van der Waals surface area contributed by atoms with Crippen LogP contribution in [-0.2, 0) is 14.3 Å². The van der Waals surface area contributed by atoms with Crippen LogP contribution in [0.2, 0.25) is 0 Å². The summed E-state index contributed by atoms with van der Waals surface area (Å²) in [5.74, 6) is -0.984. The number of carbonyl (C=O) groups is 1. The van der Waals surface area contributed by atoms with Crippen LogP contribution in [0.1, 0.15) is 19.8 Å². The van der Waals surface area contributed by atoms with Gasteiger partial charge in [0.1, 0.15) is 0 Å². The molecule has 0 bridgehead atoms. The first-order valence-corrected chi connectivity index (χ1v) is 5.04. The quantitative estimate of drug-likeness (QED) is 0.392. The highest BCUT2D eigenvalue weighted by Gasteiger charge is 2.40. The van der Waals surface area contributed by atoms with Gasteiger partial charge in [-0.3, -0.25) is 10.1 Å². The fraction of sp³-hybridized carbons (Fsp3) is 0.889. The van der Waals surface area contributed by atoms with Crippen molar-refractivity contribution in [2.75, 3.05) is 19.8 Å². The fourth-order valence-corrected chi connectivity index (χ4v) is 1.71. The third-order valence-electron chi connectivity index (χ3n) is 2.47. The summed E-state index contributed by atoms with van der Waals surface area (Å²) in [6, 6.07) is -1.23. The van der Waals surface area contributed by atoms with E-state index in [-0.39, 0.29) is 12.5 Å². The second-order valence-corrected chi connectivity index (χ2v) is 3.43. The Bertz CT molecular complexity index is 237. The lowest BCUT2D eigenvalue weighted by atomic mass is 9.92. The zero-order chi connectivity index (χ0) is 11.3. The summed E-state index contributed by atoms with van der Waals surface area (Å²) in [5.41, 5.74) is 0. The van der Waals surface area contributed by atoms with Crippen molar-refractivity contribution in [2.24, 2.45) is 5.92 Å². The van der Waals surface area contributed by atoms with Gasteiger partial charge in [0, 0.05) is 24.1 Å². The van der Waals surface area contributed by atoms with E-state index in [2.05, 4.69) is 0 Å². The van der Waals surface area contributed by atoms with Crippen molar-refractivity contribution in [1.29, 1.82) is 0 Å². The summed E-state index contributed by atoms with van der Waals surface area (Å²) >= 11 is 0. The minimum absolute atomic E-state index is 0.173. The highest BCUT2D eigenvalue weighted by Crippen LogP contribution is 2.21. The van der Waals surface area contributed by atoms with Crippen LogP contribution in [0.5, 0.6) is 0 Å². The number of hydrogen-bond donors (Lipinski definition) is 0. The Kier molecular flexibility index (Phi) is 4.48. The molecule has 0 aromatic carbocycles. The Morgan fingerprint density at radius 3 is 2.67 bits per heavy atom. The molecule has 0 spiro atoms. The average molecular weight is 217 g/mol. The van der Waals surface area contributed by atoms with Crippen molar-refractivity contribution in [3.05, 3.63) is 10.1 Å². The normalized spacial score (nSPS) is 19.5. The third kappa shape index (κ3) is 3.16. The molecule has 0 amide bonds. The molecule has 6 nitrogen and oxygen atoms in total. The Labute approximate surface area is 87.7 Å². The molecule has 6 heteroatoms. The number of nitro groups is 1. The Balaban J connectivity index is 2.63. The van der Waals surface area contributed by atoms with Gasteiger partial charge < -0.3 is 9.47 Å². The van der Waals surface area contributed by atoms with Crippen molar-refractivity contribution in [3.8, 4) is 0 Å². The minimum atomic E-state index is -1.23. The zero-order valence-corrected chi connectivity index (χ0v) is 8.68. The Morgan fingerprint density at radius 1 is 1.60 bits per heavy atom. The lowest BCUT2D eigenvalue weighted by Gasteiger charge is -2.23. The number of hydrogen-bond acceptors (Lipinski definition) is 5. The summed E-state index contributed by atoms with van der Waals surface area (Å²) in [7, 11) is 0. The number of ether oxygens (including phenoxy) is 2. The SMILES string of the molecule is CCOC(=O)C(C1CCOCC1)[N+](=O)[O-]. The summed E-state index contributed by atoms with van der Waals surface area (Å²) in [4.78, 5) is 21.6. The van der Waals surface area contributed by atoms with Crippen LogP contribution >= 0.6 is 0 Å². The molecule has 1 aliphatic heterocycles. The van der Waals surface area contributed by atoms with Crippen molar-refractivity contribution < 1.29 is 19.2 Å². The van der Waals surface area contributed by atoms with Crippen LogP contribution in [0.4, 0.5) is 0 Å². The molecular formula is C9H15NO5. The van der Waals surface area contributed by atoms with Crippen LogP contribution in [-0.4, -0.2) is 36.8 Å². The fourth-order valence-electron chi connectivity index (χ4n) is 1.71. The predicted molar refractivity (Wildman–Crippen MR) is 51.0 cm³/mol. The molecule has 1 fully saturated rings. The third-order valence-corrected chi connectivity index (χ3v) is 2.47. The molecule has 0 radical (unpaired) electrons. The van der Waals surface area contributed by atoms with Crippen molar-refractivity contribution in [3.63, 3.8) is 0 Å². The van der Waals surface area contributed by atoms with E-state index in [0.717, 1.165) is 0 Å². The molecule has 0 aromatic rings. The van der Waals surface area contributed by atoms with Crippen LogP contribution < -0.4 is 0 Å². The van der Waals surface area contributed by atoms with Gasteiger partial charge in [-0.25, -0.2) is 4.79 Å². The van der Waals surface area contributed by atoms with Crippen LogP contribution in [0.25, 0.3) is 0 Å². The molecule has 1 unspecified atom stereocenters. The monoisotopic (exact) mass is 217 g/mol. The maximum absolute atomic E-state index is 11.4. The predicted octanol–water partition coefficient (Wildman–Crippen LogP) is 0.621. The molecule has 1 heterocycles. The van der Waals surface area contributed by atoms with E-state index in [1.165, 1.54) is 0 Å². The van der Waals surface area contributed by atoms with E-state index < -0.39 is 16.9 Å². The van der Waals surface area contributed by atoms with Crippen molar-refractivity contribution in [1.82, 2.24) is 0 Å². The second kappa shape index (κ2) is 5.65. The summed E-state index contributed by atoms with van der Waals surface area (Å²) in [6.45, 7) is 2.77. The van der Waals surface area contributed by atoms with Gasteiger partial charge in [-0.15, -0.1) is 0 Å². The molecule has 1 aliphatic rings. The topological polar surface area (TPSA) is 78.7 Å². The molecule has 86 valence electrons. The summed E-state index contributed by atoms with van der Waals surface area (Å²) < 4.78 is 9.79. The maximum atomic E-state index is 11.4. The Hall–Kier alpha value is -1.17. The van der Waals surface area contributed by atoms with E-state index >= 15 is 0 Å². The molecule has 15 heavy (non-hydrogen) atoms. The molecule has 0 N–H and O–H groups in total. The van der Waals surface area contributed by atoms with E-state index in [4.69, 9.17) is 9.47 Å². The van der Waals surface area contributed by atoms with Crippen molar-refractivity contribution in [2.45, 2.75) is 25.8 Å². The molecule has 0 saturated carbocycles. The van der Waals surface area contributed by atoms with Gasteiger partial charge in [0.15, 0.2) is 0 Å². The molecule has 1 atom stereocenters. The zero-order valence-electron chi connectivity index (χ0n) is 8.68. The highest BCUT2D eigenvalue weighted by molar-refractivity contribution is 5.74. The van der Waals surface area contributed by atoms with Crippen LogP contribution in [0.3, 0.4) is 0 Å². The van der Waals surface area contributed by atoms with Gasteiger partial charge in [0.2, 0.25) is 0 Å². The van der Waals surface area contributed by atoms with Crippen LogP contribution in [0, 0.1) is 16.0 Å². The molecule has 1 rings (SSSR count). The molecule has 0 aliphatic carbocycles. The van der Waals surface area contributed by atoms with E-state index in [0.29, 0.717) is 26.1 Å². The maximum Gasteiger partial charge on any atom is 0.381 e. The minimum Gasteiger partial charge on any atom is -0.461 e. The van der Waals surface area contributed by atoms with Gasteiger partial charge in [0.25, 0.3) is 0 Å². The molecular weight excluding hydrogens is 202 g/mol. The number of rotatable bonds is 4. The number of carbonyl (C=O) groups excluding carboxylic acids is 1. The van der Waals surface area contributed by atoms with Crippen LogP contribution in [0.15, 0.2) is 0 Å². The van der Waals surface area contributed by atoms with E-state index in [9.17, 15) is 14.9 Å². The largest absolute Gasteiger partial charge is 0.461 e. The van der Waals surface area contributed by atoms with Gasteiger partial charge in [-0.2, -0.15) is 0 Å². The first-order chi connectivity index (χ1) is 7.16. The van der Waals surface area contributed by atoms with E-state index in [1.54, 1.807) is 6.92 Å². The molecule has 1 saturated heterocycles. The number of esters is 1. The van der Waals surface area contributed by atoms with Gasteiger partial charge >= 0.3 is 12.0 Å². The summed E-state index contributed by atoms with van der Waals surface area (Å²) in [5, 5.41) is 10.8. The highest BCUT2D eigenvalue weighted by atomic mass is 16.6. The lowest BCUT2D eigenvalue weighted by Crippen LogP contribution is -2.40. The van der Waals surface area contributed by atoms with Gasteiger partial charge in [-0.1, -0.05) is 0 Å². The van der Waals surface area contributed by atoms with E-state index in [1.807, 2.05) is 0 Å². The standard InChI is InChI=1S/C9H15NO5/c1-2-15-9(11)8(10(12)13)7-3-5-14-6-4-7/h7-8H,2-6H2,1H3.